The first-order valence-corrected chi connectivity index (χ1v) is 5.31. The van der Waals surface area contributed by atoms with E-state index in [2.05, 4.69) is 0 Å². The average molecular weight is 206 g/mol. The molecule has 0 atom stereocenters. The summed E-state index contributed by atoms with van der Waals surface area (Å²) in [6, 6.07) is 5.98. The van der Waals surface area contributed by atoms with Crippen molar-refractivity contribution in [1.82, 2.24) is 0 Å². The fourth-order valence-electron chi connectivity index (χ4n) is 2.00. The molecule has 1 fully saturated rings. The third kappa shape index (κ3) is 1.73. The van der Waals surface area contributed by atoms with Gasteiger partial charge in [0.2, 0.25) is 0 Å². The highest BCUT2D eigenvalue weighted by atomic mass is 16.7. The predicted octanol–water partition coefficient (Wildman–Crippen LogP) is 1.62. The van der Waals surface area contributed by atoms with Crippen molar-refractivity contribution in [2.45, 2.75) is 31.5 Å². The highest BCUT2D eigenvalue weighted by Gasteiger charge is 2.40. The number of aliphatic hydroxyl groups is 1. The number of rotatable bonds is 2. The molecule has 1 N–H and O–H groups in total. The molecule has 0 bridgehead atoms. The monoisotopic (exact) mass is 206 g/mol. The van der Waals surface area contributed by atoms with Gasteiger partial charge in [0.25, 0.3) is 0 Å². The molecule has 1 heterocycles. The van der Waals surface area contributed by atoms with Crippen LogP contribution in [0.25, 0.3) is 0 Å². The van der Waals surface area contributed by atoms with E-state index in [1.165, 1.54) is 0 Å². The highest BCUT2D eigenvalue weighted by Crippen LogP contribution is 2.40. The topological polar surface area (TPSA) is 38.7 Å². The van der Waals surface area contributed by atoms with Gasteiger partial charge in [-0.15, -0.1) is 0 Å². The second kappa shape index (κ2) is 3.22. The van der Waals surface area contributed by atoms with Gasteiger partial charge < -0.3 is 14.6 Å². The van der Waals surface area contributed by atoms with Gasteiger partial charge in [-0.25, -0.2) is 0 Å². The van der Waals surface area contributed by atoms with E-state index >= 15 is 0 Å². The number of hydrogen-bond donors (Lipinski definition) is 1. The summed E-state index contributed by atoms with van der Waals surface area (Å²) in [6.45, 7) is 0.933. The van der Waals surface area contributed by atoms with Gasteiger partial charge in [-0.2, -0.15) is 0 Å². The van der Waals surface area contributed by atoms with Crippen LogP contribution in [0.3, 0.4) is 0 Å². The molecule has 80 valence electrons. The maximum Gasteiger partial charge on any atom is 0.189 e. The Morgan fingerprint density at radius 3 is 3.00 bits per heavy atom. The van der Waals surface area contributed by atoms with E-state index in [0.29, 0.717) is 13.4 Å². The predicted molar refractivity (Wildman–Crippen MR) is 54.6 cm³/mol. The lowest BCUT2D eigenvalue weighted by molar-refractivity contribution is -0.0171. The second-order valence-electron chi connectivity index (χ2n) is 4.41. The Labute approximate surface area is 88.6 Å². The molecule has 1 aliphatic heterocycles. The van der Waals surface area contributed by atoms with E-state index in [1.807, 2.05) is 18.2 Å². The van der Waals surface area contributed by atoms with Crippen molar-refractivity contribution in [3.63, 3.8) is 0 Å². The summed E-state index contributed by atoms with van der Waals surface area (Å²) in [4.78, 5) is 0. The minimum Gasteiger partial charge on any atom is -0.467 e. The molecule has 0 unspecified atom stereocenters. The van der Waals surface area contributed by atoms with E-state index in [-0.39, 0.29) is 0 Å². The molecule has 15 heavy (non-hydrogen) atoms. The van der Waals surface area contributed by atoms with E-state index < -0.39 is 5.60 Å². The van der Waals surface area contributed by atoms with E-state index in [1.54, 1.807) is 0 Å². The van der Waals surface area contributed by atoms with Gasteiger partial charge in [0.05, 0.1) is 12.2 Å². The molecule has 0 radical (unpaired) electrons. The largest absolute Gasteiger partial charge is 0.467 e. The van der Waals surface area contributed by atoms with Crippen LogP contribution in [0.5, 0.6) is 5.75 Å². The molecule has 3 heteroatoms. The standard InChI is InChI=1S/C12H14O3/c13-12(4-5-12)6-9-2-1-3-11-10(9)7-14-8-15-11/h1-3,13H,4-8H2. The van der Waals surface area contributed by atoms with Crippen molar-refractivity contribution in [2.24, 2.45) is 0 Å². The van der Waals surface area contributed by atoms with Crippen LogP contribution in [0.1, 0.15) is 24.0 Å². The summed E-state index contributed by atoms with van der Waals surface area (Å²) in [5.74, 6) is 0.906. The van der Waals surface area contributed by atoms with Gasteiger partial charge in [-0.1, -0.05) is 12.1 Å². The maximum atomic E-state index is 9.90. The maximum absolute atomic E-state index is 9.90. The Morgan fingerprint density at radius 2 is 2.20 bits per heavy atom. The molecule has 3 nitrogen and oxygen atoms in total. The van der Waals surface area contributed by atoms with E-state index in [0.717, 1.165) is 36.1 Å². The summed E-state index contributed by atoms with van der Waals surface area (Å²) in [6.07, 6.45) is 2.56. The molecule has 0 spiro atoms. The molecule has 1 saturated carbocycles. The first-order valence-electron chi connectivity index (χ1n) is 5.31. The molecule has 0 saturated heterocycles. The van der Waals surface area contributed by atoms with Crippen LogP contribution in [-0.4, -0.2) is 17.5 Å². The molecule has 1 aromatic rings. The SMILES string of the molecule is OC1(Cc2cccc3c2COCO3)CC1. The summed E-state index contributed by atoms with van der Waals surface area (Å²) < 4.78 is 10.7. The summed E-state index contributed by atoms with van der Waals surface area (Å²) >= 11 is 0. The Morgan fingerprint density at radius 1 is 1.33 bits per heavy atom. The van der Waals surface area contributed by atoms with Gasteiger partial charge in [0.15, 0.2) is 6.79 Å². The van der Waals surface area contributed by atoms with Crippen LogP contribution in [0.15, 0.2) is 18.2 Å². The van der Waals surface area contributed by atoms with Crippen LogP contribution in [-0.2, 0) is 17.8 Å². The van der Waals surface area contributed by atoms with Crippen molar-refractivity contribution in [1.29, 1.82) is 0 Å². The van der Waals surface area contributed by atoms with Crippen molar-refractivity contribution in [3.05, 3.63) is 29.3 Å². The molecule has 0 aromatic heterocycles. The quantitative estimate of drug-likeness (QED) is 0.799. The van der Waals surface area contributed by atoms with Crippen LogP contribution in [0.2, 0.25) is 0 Å². The number of hydrogen-bond acceptors (Lipinski definition) is 3. The second-order valence-corrected chi connectivity index (χ2v) is 4.41. The Kier molecular flexibility index (Phi) is 1.97. The first kappa shape index (κ1) is 9.19. The lowest BCUT2D eigenvalue weighted by atomic mass is 10.00. The minimum atomic E-state index is -0.452. The molecule has 0 amide bonds. The zero-order chi connectivity index (χ0) is 10.3. The highest BCUT2D eigenvalue weighted by molar-refractivity contribution is 5.41. The molecular formula is C12H14O3. The van der Waals surface area contributed by atoms with Crippen LogP contribution in [0, 0.1) is 0 Å². The minimum absolute atomic E-state index is 0.334. The van der Waals surface area contributed by atoms with Crippen molar-refractivity contribution >= 4 is 0 Å². The zero-order valence-corrected chi connectivity index (χ0v) is 8.53. The Bertz CT molecular complexity index is 382. The first-order chi connectivity index (χ1) is 7.27. The number of benzene rings is 1. The van der Waals surface area contributed by atoms with Crippen LogP contribution in [0.4, 0.5) is 0 Å². The number of fused-ring (bicyclic) bond motifs is 1. The molecule has 1 aromatic carbocycles. The Balaban J connectivity index is 1.92. The average Bonchev–Trinajstić information content (AvgIpc) is 2.97. The lowest BCUT2D eigenvalue weighted by Crippen LogP contribution is -2.17. The summed E-state index contributed by atoms with van der Waals surface area (Å²) in [5, 5.41) is 9.90. The third-order valence-corrected chi connectivity index (χ3v) is 3.12. The van der Waals surface area contributed by atoms with Gasteiger partial charge in [-0.05, 0) is 24.5 Å². The molecule has 1 aliphatic carbocycles. The number of ether oxygens (including phenoxy) is 2. The Hall–Kier alpha value is -1.06. The summed E-state index contributed by atoms with van der Waals surface area (Å²) in [7, 11) is 0. The molecule has 3 rings (SSSR count). The van der Waals surface area contributed by atoms with Crippen molar-refractivity contribution < 1.29 is 14.6 Å². The smallest absolute Gasteiger partial charge is 0.189 e. The fourth-order valence-corrected chi connectivity index (χ4v) is 2.00. The lowest BCUT2D eigenvalue weighted by Gasteiger charge is -2.21. The van der Waals surface area contributed by atoms with Crippen molar-refractivity contribution in [2.75, 3.05) is 6.79 Å². The van der Waals surface area contributed by atoms with Crippen molar-refractivity contribution in [3.8, 4) is 5.75 Å². The van der Waals surface area contributed by atoms with Crippen LogP contribution < -0.4 is 4.74 Å². The zero-order valence-electron chi connectivity index (χ0n) is 8.53. The van der Waals surface area contributed by atoms with Gasteiger partial charge in [0, 0.05) is 12.0 Å². The van der Waals surface area contributed by atoms with Crippen LogP contribution >= 0.6 is 0 Å². The molecule has 2 aliphatic rings. The van der Waals surface area contributed by atoms with E-state index in [9.17, 15) is 5.11 Å². The van der Waals surface area contributed by atoms with Gasteiger partial charge in [0.1, 0.15) is 5.75 Å². The third-order valence-electron chi connectivity index (χ3n) is 3.12. The normalized spacial score (nSPS) is 21.7. The fraction of sp³-hybridized carbons (Fsp3) is 0.500. The van der Waals surface area contributed by atoms with E-state index in [4.69, 9.17) is 9.47 Å². The van der Waals surface area contributed by atoms with Gasteiger partial charge in [-0.3, -0.25) is 0 Å². The summed E-state index contributed by atoms with van der Waals surface area (Å²) in [5.41, 5.74) is 1.81. The van der Waals surface area contributed by atoms with Gasteiger partial charge >= 0.3 is 0 Å². The molecular weight excluding hydrogens is 192 g/mol.